The van der Waals surface area contributed by atoms with Gasteiger partial charge in [0, 0.05) is 5.39 Å². The number of H-pyrrole nitrogens is 1. The Balaban J connectivity index is 1.59. The average Bonchev–Trinajstić information content (AvgIpc) is 3.50. The number of aromatic nitrogens is 2. The van der Waals surface area contributed by atoms with E-state index in [2.05, 4.69) is 15.5 Å². The number of fused-ring (bicyclic) bond motifs is 2. The first-order valence-corrected chi connectivity index (χ1v) is 11.3. The number of ether oxygens (including phenoxy) is 1. The molecule has 34 heavy (non-hydrogen) atoms. The van der Waals surface area contributed by atoms with Gasteiger partial charge in [-0.15, -0.1) is 0 Å². The van der Waals surface area contributed by atoms with Crippen LogP contribution >= 0.6 is 0 Å². The second-order valence-corrected chi connectivity index (χ2v) is 8.05. The van der Waals surface area contributed by atoms with Gasteiger partial charge in [0.15, 0.2) is 5.76 Å². The number of carbonyl (C=O) groups excluding carboxylic acids is 1. The number of aliphatic hydroxyl groups is 1. The maximum atomic E-state index is 13.4. The summed E-state index contributed by atoms with van der Waals surface area (Å²) in [5, 5.41) is 22.0. The zero-order valence-corrected chi connectivity index (χ0v) is 18.7. The van der Waals surface area contributed by atoms with Crippen molar-refractivity contribution in [1.82, 2.24) is 15.5 Å². The van der Waals surface area contributed by atoms with Crippen molar-refractivity contribution in [3.63, 3.8) is 0 Å². The molecule has 0 saturated heterocycles. The first-order valence-electron chi connectivity index (χ1n) is 11.3. The monoisotopic (exact) mass is 455 g/mol. The second kappa shape index (κ2) is 9.41. The predicted molar refractivity (Wildman–Crippen MR) is 131 cm³/mol. The van der Waals surface area contributed by atoms with Gasteiger partial charge >= 0.3 is 0 Å². The molecule has 0 aliphatic carbocycles. The highest BCUT2D eigenvalue weighted by molar-refractivity contribution is 6.07. The Morgan fingerprint density at radius 1 is 1.12 bits per heavy atom. The molecule has 1 amide bonds. The highest BCUT2D eigenvalue weighted by Gasteiger charge is 2.24. The van der Waals surface area contributed by atoms with Crippen LogP contribution in [0.25, 0.3) is 33.3 Å². The number of para-hydroxylation sites is 1. The Hall–Kier alpha value is -4.10. The molecule has 0 saturated carbocycles. The lowest BCUT2D eigenvalue weighted by Crippen LogP contribution is -2.31. The first-order chi connectivity index (χ1) is 16.7. The summed E-state index contributed by atoms with van der Waals surface area (Å²) in [5.41, 5.74) is 3.26. The van der Waals surface area contributed by atoms with Crippen LogP contribution in [-0.2, 0) is 0 Å². The van der Waals surface area contributed by atoms with Crippen molar-refractivity contribution >= 4 is 27.8 Å². The van der Waals surface area contributed by atoms with Gasteiger partial charge < -0.3 is 19.6 Å². The number of hydrogen-bond acceptors (Lipinski definition) is 5. The van der Waals surface area contributed by atoms with Gasteiger partial charge in [0.1, 0.15) is 17.0 Å². The van der Waals surface area contributed by atoms with Crippen LogP contribution in [0.5, 0.6) is 5.75 Å². The number of aliphatic hydroxyl groups excluding tert-OH is 1. The Morgan fingerprint density at radius 3 is 2.68 bits per heavy atom. The van der Waals surface area contributed by atoms with E-state index >= 15 is 0 Å². The fourth-order valence-electron chi connectivity index (χ4n) is 4.05. The quantitative estimate of drug-likeness (QED) is 0.298. The van der Waals surface area contributed by atoms with Crippen LogP contribution in [0, 0.1) is 0 Å². The van der Waals surface area contributed by atoms with E-state index in [1.807, 2.05) is 67.6 Å². The number of amides is 1. The fraction of sp³-hybridized carbons (Fsp3) is 0.185. The number of hydrogen-bond donors (Lipinski definition) is 3. The van der Waals surface area contributed by atoms with Gasteiger partial charge in [0.2, 0.25) is 0 Å². The SMILES string of the molecule is CCCOc1c(C(=O)N[C@H](CO)c2ccccc2)ccc2[nH]nc(-c3cc4ccccc4o3)c12. The number of carbonyl (C=O) groups is 1. The average molecular weight is 456 g/mol. The van der Waals surface area contributed by atoms with Crippen molar-refractivity contribution in [3.05, 3.63) is 83.9 Å². The largest absolute Gasteiger partial charge is 0.492 e. The van der Waals surface area contributed by atoms with Crippen LogP contribution in [0.4, 0.5) is 0 Å². The number of nitrogens with one attached hydrogen (secondary N) is 2. The van der Waals surface area contributed by atoms with Crippen LogP contribution in [0.1, 0.15) is 35.3 Å². The van der Waals surface area contributed by atoms with E-state index in [0.29, 0.717) is 34.8 Å². The summed E-state index contributed by atoms with van der Waals surface area (Å²) in [7, 11) is 0. The number of aromatic amines is 1. The van der Waals surface area contributed by atoms with Crippen LogP contribution in [-0.4, -0.2) is 34.4 Å². The van der Waals surface area contributed by atoms with Crippen molar-refractivity contribution in [2.75, 3.05) is 13.2 Å². The minimum absolute atomic E-state index is 0.223. The van der Waals surface area contributed by atoms with Crippen molar-refractivity contribution in [2.45, 2.75) is 19.4 Å². The van der Waals surface area contributed by atoms with E-state index in [4.69, 9.17) is 9.15 Å². The number of rotatable bonds is 8. The topological polar surface area (TPSA) is 100 Å². The standard InChI is InChI=1S/C27H25N3O4/c1-2-14-33-26-19(27(32)28-21(16-31)17-8-4-3-5-9-17)12-13-20-24(26)25(30-29-20)23-15-18-10-6-7-11-22(18)34-23/h3-13,15,21,31H,2,14,16H2,1H3,(H,28,32)(H,29,30)/t21-/m1/s1. The van der Waals surface area contributed by atoms with Crippen molar-refractivity contribution in [3.8, 4) is 17.2 Å². The zero-order chi connectivity index (χ0) is 23.5. The molecule has 1 atom stereocenters. The summed E-state index contributed by atoms with van der Waals surface area (Å²) in [4.78, 5) is 13.4. The summed E-state index contributed by atoms with van der Waals surface area (Å²) in [6.07, 6.45) is 0.776. The molecule has 3 N–H and O–H groups in total. The van der Waals surface area contributed by atoms with E-state index in [9.17, 15) is 9.90 Å². The molecule has 7 heteroatoms. The van der Waals surface area contributed by atoms with Gasteiger partial charge in [-0.25, -0.2) is 0 Å². The van der Waals surface area contributed by atoms with Crippen LogP contribution in [0.3, 0.4) is 0 Å². The first kappa shape index (κ1) is 21.7. The van der Waals surface area contributed by atoms with Crippen molar-refractivity contribution in [2.24, 2.45) is 0 Å². The highest BCUT2D eigenvalue weighted by atomic mass is 16.5. The van der Waals surface area contributed by atoms with Gasteiger partial charge in [0.25, 0.3) is 5.91 Å². The molecule has 2 aromatic heterocycles. The highest BCUT2D eigenvalue weighted by Crippen LogP contribution is 2.38. The van der Waals surface area contributed by atoms with Crippen molar-refractivity contribution < 1.29 is 19.1 Å². The summed E-state index contributed by atoms with van der Waals surface area (Å²) < 4.78 is 12.2. The van der Waals surface area contributed by atoms with Gasteiger partial charge in [-0.1, -0.05) is 55.5 Å². The Labute approximate surface area is 196 Å². The molecule has 5 rings (SSSR count). The van der Waals surface area contributed by atoms with Gasteiger partial charge in [-0.05, 0) is 36.2 Å². The number of furan rings is 1. The van der Waals surface area contributed by atoms with Crippen LogP contribution in [0.2, 0.25) is 0 Å². The molecular formula is C27H25N3O4. The third-order valence-corrected chi connectivity index (χ3v) is 5.73. The Bertz CT molecular complexity index is 1410. The van der Waals surface area contributed by atoms with Crippen molar-refractivity contribution in [1.29, 1.82) is 0 Å². The molecule has 0 bridgehead atoms. The minimum atomic E-state index is -0.539. The smallest absolute Gasteiger partial charge is 0.255 e. The van der Waals surface area contributed by atoms with E-state index in [1.165, 1.54) is 0 Å². The summed E-state index contributed by atoms with van der Waals surface area (Å²) in [6.45, 7) is 2.22. The maximum Gasteiger partial charge on any atom is 0.255 e. The number of benzene rings is 3. The minimum Gasteiger partial charge on any atom is -0.492 e. The summed E-state index contributed by atoms with van der Waals surface area (Å²) in [6, 6.07) is 22.0. The summed E-state index contributed by atoms with van der Waals surface area (Å²) >= 11 is 0. The maximum absolute atomic E-state index is 13.4. The fourth-order valence-corrected chi connectivity index (χ4v) is 4.05. The molecule has 172 valence electrons. The molecule has 7 nitrogen and oxygen atoms in total. The molecule has 0 aliphatic rings. The van der Waals surface area contributed by atoms with Gasteiger partial charge in [0.05, 0.1) is 35.7 Å². The lowest BCUT2D eigenvalue weighted by Gasteiger charge is -2.18. The summed E-state index contributed by atoms with van der Waals surface area (Å²) in [5.74, 6) is 0.683. The van der Waals surface area contributed by atoms with Crippen LogP contribution in [0.15, 0.2) is 77.2 Å². The molecule has 0 aliphatic heterocycles. The number of nitrogens with zero attached hydrogens (tertiary/aromatic N) is 1. The van der Waals surface area contributed by atoms with E-state index in [1.54, 1.807) is 12.1 Å². The van der Waals surface area contributed by atoms with E-state index in [-0.39, 0.29) is 12.5 Å². The molecule has 0 radical (unpaired) electrons. The van der Waals surface area contributed by atoms with E-state index in [0.717, 1.165) is 28.5 Å². The normalized spacial score (nSPS) is 12.2. The molecular weight excluding hydrogens is 430 g/mol. The van der Waals surface area contributed by atoms with Gasteiger partial charge in [-0.2, -0.15) is 5.10 Å². The molecule has 0 fully saturated rings. The molecule has 0 spiro atoms. The van der Waals surface area contributed by atoms with E-state index < -0.39 is 6.04 Å². The predicted octanol–water partition coefficient (Wildman–Crippen LogP) is 5.23. The molecule has 3 aromatic carbocycles. The Kier molecular flexibility index (Phi) is 6.01. The zero-order valence-electron chi connectivity index (χ0n) is 18.7. The third kappa shape index (κ3) is 4.02. The third-order valence-electron chi connectivity index (χ3n) is 5.73. The molecule has 2 heterocycles. The Morgan fingerprint density at radius 2 is 1.91 bits per heavy atom. The lowest BCUT2D eigenvalue weighted by molar-refractivity contribution is 0.0912. The van der Waals surface area contributed by atoms with Gasteiger partial charge in [-0.3, -0.25) is 9.89 Å². The second-order valence-electron chi connectivity index (χ2n) is 8.05. The van der Waals surface area contributed by atoms with Crippen LogP contribution < -0.4 is 10.1 Å². The molecule has 5 aromatic rings. The lowest BCUT2D eigenvalue weighted by atomic mass is 10.0. The molecule has 0 unspecified atom stereocenters.